The normalized spacial score (nSPS) is 13.3. The molecule has 0 heteroatoms. The summed E-state index contributed by atoms with van der Waals surface area (Å²) in [6.45, 7) is 13.9. The number of hydrogen-bond acceptors (Lipinski definition) is 0. The summed E-state index contributed by atoms with van der Waals surface area (Å²) in [4.78, 5) is 0. The maximum Gasteiger partial charge on any atom is 0.0159 e. The fourth-order valence-electron chi connectivity index (χ4n) is 8.76. The zero-order valence-electron chi connectivity index (χ0n) is 29.2. The highest BCUT2D eigenvalue weighted by atomic mass is 14.4. The van der Waals surface area contributed by atoms with Crippen LogP contribution in [0.3, 0.4) is 0 Å². The lowest BCUT2D eigenvalue weighted by atomic mass is 9.79. The van der Waals surface area contributed by atoms with E-state index in [-0.39, 0.29) is 5.41 Å². The van der Waals surface area contributed by atoms with Crippen LogP contribution >= 0.6 is 0 Å². The van der Waals surface area contributed by atoms with Gasteiger partial charge < -0.3 is 0 Å². The maximum absolute atomic E-state index is 2.49. The van der Waals surface area contributed by atoms with Crippen LogP contribution in [0.25, 0.3) is 76.8 Å². The zero-order chi connectivity index (χ0) is 33.6. The number of fused-ring (bicyclic) bond motifs is 6. The second-order valence-electron chi connectivity index (χ2n) is 14.7. The second-order valence-corrected chi connectivity index (χ2v) is 14.7. The van der Waals surface area contributed by atoms with E-state index in [9.17, 15) is 0 Å². The standard InChI is InChI=1S/C49H40/c1-29-25-30(2)32(4)46(31(29)3)48-41-17-10-9-16-40(41)47(37-22-23-39-38-15-11-12-18-44(38)49(5,6)45(39)28-37)43-27-36(21-24-42(43)48)35-20-19-33-13-7-8-14-34(33)26-35/h7-28H,1-6H3. The Morgan fingerprint density at radius 3 is 1.71 bits per heavy atom. The third-order valence-electron chi connectivity index (χ3n) is 11.6. The molecule has 8 aromatic rings. The largest absolute Gasteiger partial charge is 0.0619 e. The minimum Gasteiger partial charge on any atom is -0.0619 e. The highest BCUT2D eigenvalue weighted by molar-refractivity contribution is 6.22. The molecule has 0 fully saturated rings. The van der Waals surface area contributed by atoms with Crippen LogP contribution in [-0.4, -0.2) is 0 Å². The second kappa shape index (κ2) is 10.8. The molecule has 8 aromatic carbocycles. The molecule has 236 valence electrons. The van der Waals surface area contributed by atoms with Gasteiger partial charge in [-0.15, -0.1) is 0 Å². The Morgan fingerprint density at radius 1 is 0.367 bits per heavy atom. The molecule has 0 aliphatic heterocycles. The zero-order valence-corrected chi connectivity index (χ0v) is 29.2. The van der Waals surface area contributed by atoms with Gasteiger partial charge in [-0.2, -0.15) is 0 Å². The van der Waals surface area contributed by atoms with Gasteiger partial charge in [0.25, 0.3) is 0 Å². The van der Waals surface area contributed by atoms with Crippen LogP contribution in [0.5, 0.6) is 0 Å². The van der Waals surface area contributed by atoms with Crippen LogP contribution in [0.1, 0.15) is 47.2 Å². The summed E-state index contributed by atoms with van der Waals surface area (Å²) in [5, 5.41) is 7.74. The monoisotopic (exact) mass is 628 g/mol. The molecule has 0 unspecified atom stereocenters. The van der Waals surface area contributed by atoms with Crippen molar-refractivity contribution in [1.29, 1.82) is 0 Å². The maximum atomic E-state index is 2.49. The Hall–Kier alpha value is -5.46. The van der Waals surface area contributed by atoms with E-state index < -0.39 is 0 Å². The molecule has 9 rings (SSSR count). The predicted octanol–water partition coefficient (Wildman–Crippen LogP) is 13.7. The van der Waals surface area contributed by atoms with Crippen LogP contribution in [0.2, 0.25) is 0 Å². The highest BCUT2D eigenvalue weighted by Gasteiger charge is 2.35. The Balaban J connectivity index is 1.40. The highest BCUT2D eigenvalue weighted by Crippen LogP contribution is 2.52. The Morgan fingerprint density at radius 2 is 0.939 bits per heavy atom. The van der Waals surface area contributed by atoms with Crippen molar-refractivity contribution in [3.63, 3.8) is 0 Å². The fourth-order valence-corrected chi connectivity index (χ4v) is 8.76. The van der Waals surface area contributed by atoms with Crippen molar-refractivity contribution in [3.05, 3.63) is 167 Å². The third kappa shape index (κ3) is 4.37. The molecular formula is C49H40. The summed E-state index contributed by atoms with van der Waals surface area (Å²) in [5.41, 5.74) is 18.6. The van der Waals surface area contributed by atoms with Gasteiger partial charge in [-0.05, 0) is 156 Å². The summed E-state index contributed by atoms with van der Waals surface area (Å²) < 4.78 is 0. The summed E-state index contributed by atoms with van der Waals surface area (Å²) in [7, 11) is 0. The molecule has 1 aliphatic rings. The Bertz CT molecular complexity index is 2640. The van der Waals surface area contributed by atoms with Gasteiger partial charge in [-0.1, -0.05) is 129 Å². The molecule has 0 nitrogen and oxygen atoms in total. The van der Waals surface area contributed by atoms with Crippen molar-refractivity contribution >= 4 is 32.3 Å². The number of rotatable bonds is 3. The van der Waals surface area contributed by atoms with E-state index in [1.54, 1.807) is 0 Å². The first-order valence-corrected chi connectivity index (χ1v) is 17.5. The first-order valence-electron chi connectivity index (χ1n) is 17.5. The summed E-state index contributed by atoms with van der Waals surface area (Å²) in [5.74, 6) is 0. The van der Waals surface area contributed by atoms with E-state index in [4.69, 9.17) is 0 Å². The van der Waals surface area contributed by atoms with Crippen LogP contribution in [-0.2, 0) is 5.41 Å². The van der Waals surface area contributed by atoms with Crippen LogP contribution < -0.4 is 0 Å². The Kier molecular flexibility index (Phi) is 6.52. The lowest BCUT2D eigenvalue weighted by Crippen LogP contribution is -2.14. The average molecular weight is 629 g/mol. The van der Waals surface area contributed by atoms with Crippen molar-refractivity contribution in [1.82, 2.24) is 0 Å². The van der Waals surface area contributed by atoms with Crippen molar-refractivity contribution in [2.24, 2.45) is 0 Å². The fraction of sp³-hybridized carbons (Fsp3) is 0.143. The molecule has 0 atom stereocenters. The number of hydrogen-bond donors (Lipinski definition) is 0. The molecule has 0 spiro atoms. The summed E-state index contributed by atoms with van der Waals surface area (Å²) in [6, 6.07) is 50.3. The van der Waals surface area contributed by atoms with Crippen molar-refractivity contribution in [2.75, 3.05) is 0 Å². The smallest absolute Gasteiger partial charge is 0.0159 e. The molecule has 49 heavy (non-hydrogen) atoms. The lowest BCUT2D eigenvalue weighted by molar-refractivity contribution is 0.660. The van der Waals surface area contributed by atoms with E-state index >= 15 is 0 Å². The van der Waals surface area contributed by atoms with Crippen LogP contribution in [0.15, 0.2) is 133 Å². The van der Waals surface area contributed by atoms with Gasteiger partial charge in [0.15, 0.2) is 0 Å². The first kappa shape index (κ1) is 29.7. The average Bonchev–Trinajstić information content (AvgIpc) is 3.35. The van der Waals surface area contributed by atoms with Gasteiger partial charge in [0, 0.05) is 5.41 Å². The van der Waals surface area contributed by atoms with E-state index in [0.29, 0.717) is 0 Å². The molecule has 0 bridgehead atoms. The van der Waals surface area contributed by atoms with Crippen molar-refractivity contribution in [3.8, 4) is 44.5 Å². The molecule has 0 N–H and O–H groups in total. The SMILES string of the molecule is Cc1cc(C)c(C)c(-c2c3ccccc3c(-c3ccc4c(c3)C(C)(C)c3ccccc3-4)c3cc(-c4ccc5ccccc5c4)ccc23)c1C. The minimum absolute atomic E-state index is 0.0724. The van der Waals surface area contributed by atoms with Gasteiger partial charge in [0.05, 0.1) is 0 Å². The molecule has 0 saturated heterocycles. The molecule has 0 radical (unpaired) electrons. The van der Waals surface area contributed by atoms with E-state index in [0.717, 1.165) is 0 Å². The lowest BCUT2D eigenvalue weighted by Gasteiger charge is -2.24. The summed E-state index contributed by atoms with van der Waals surface area (Å²) >= 11 is 0. The van der Waals surface area contributed by atoms with E-state index in [1.807, 2.05) is 0 Å². The van der Waals surface area contributed by atoms with Crippen LogP contribution in [0.4, 0.5) is 0 Å². The number of aryl methyl sites for hydroxylation is 2. The minimum atomic E-state index is -0.0724. The van der Waals surface area contributed by atoms with E-state index in [2.05, 4.69) is 175 Å². The van der Waals surface area contributed by atoms with Crippen molar-refractivity contribution in [2.45, 2.75) is 47.0 Å². The summed E-state index contributed by atoms with van der Waals surface area (Å²) in [6.07, 6.45) is 0. The number of benzene rings is 8. The van der Waals surface area contributed by atoms with Gasteiger partial charge in [0.1, 0.15) is 0 Å². The molecule has 0 heterocycles. The molecule has 0 aromatic heterocycles. The van der Waals surface area contributed by atoms with Crippen LogP contribution in [0, 0.1) is 27.7 Å². The third-order valence-corrected chi connectivity index (χ3v) is 11.6. The quantitative estimate of drug-likeness (QED) is 0.171. The van der Waals surface area contributed by atoms with Gasteiger partial charge in [0.2, 0.25) is 0 Å². The first-order chi connectivity index (χ1) is 23.7. The molecular weight excluding hydrogens is 589 g/mol. The molecule has 0 saturated carbocycles. The van der Waals surface area contributed by atoms with Gasteiger partial charge >= 0.3 is 0 Å². The topological polar surface area (TPSA) is 0 Å². The molecule has 0 amide bonds. The van der Waals surface area contributed by atoms with E-state index in [1.165, 1.54) is 110 Å². The predicted molar refractivity (Wildman–Crippen MR) is 212 cm³/mol. The van der Waals surface area contributed by atoms with Crippen molar-refractivity contribution < 1.29 is 0 Å². The van der Waals surface area contributed by atoms with Gasteiger partial charge in [-0.3, -0.25) is 0 Å². The van der Waals surface area contributed by atoms with Gasteiger partial charge in [-0.25, -0.2) is 0 Å². The Labute approximate surface area is 289 Å². The molecule has 1 aliphatic carbocycles.